The molecule has 2 aromatic heterocycles. The zero-order valence-electron chi connectivity index (χ0n) is 12.8. The molecule has 22 heavy (non-hydrogen) atoms. The normalized spacial score (nSPS) is 19.5. The largest absolute Gasteiger partial charge is 0.347 e. The zero-order chi connectivity index (χ0) is 15.5. The molecule has 3 rings (SSSR count). The number of nitrogens with one attached hydrogen (secondary N) is 1. The Labute approximate surface area is 133 Å². The van der Waals surface area contributed by atoms with Crippen molar-refractivity contribution in [2.45, 2.75) is 26.3 Å². The molecule has 0 bridgehead atoms. The summed E-state index contributed by atoms with van der Waals surface area (Å²) in [6, 6.07) is 0.114. The summed E-state index contributed by atoms with van der Waals surface area (Å²) in [4.78, 5) is 25.2. The number of aromatic nitrogens is 4. The van der Waals surface area contributed by atoms with E-state index in [9.17, 15) is 4.79 Å². The Kier molecular flexibility index (Phi) is 4.49. The summed E-state index contributed by atoms with van der Waals surface area (Å²) in [5, 5.41) is 4.04. The van der Waals surface area contributed by atoms with E-state index in [1.165, 1.54) is 11.5 Å². The van der Waals surface area contributed by atoms with Crippen LogP contribution in [0.15, 0.2) is 12.4 Å². The smallest absolute Gasteiger partial charge is 0.267 e. The second-order valence-corrected chi connectivity index (χ2v) is 6.03. The number of likely N-dealkylation sites (N-methyl/N-ethyl adjacent to an activating group) is 1. The van der Waals surface area contributed by atoms with E-state index in [4.69, 9.17) is 0 Å². The molecule has 1 aliphatic rings. The number of piperazine rings is 1. The summed E-state index contributed by atoms with van der Waals surface area (Å²) >= 11 is 1.19. The van der Waals surface area contributed by atoms with Crippen LogP contribution >= 0.6 is 11.5 Å². The Morgan fingerprint density at radius 2 is 2.32 bits per heavy atom. The van der Waals surface area contributed by atoms with Gasteiger partial charge in [-0.05, 0) is 24.5 Å². The van der Waals surface area contributed by atoms with Crippen LogP contribution in [0.4, 0.5) is 0 Å². The van der Waals surface area contributed by atoms with Gasteiger partial charge in [0.05, 0.1) is 11.7 Å². The maximum Gasteiger partial charge on any atom is 0.267 e. The van der Waals surface area contributed by atoms with Gasteiger partial charge in [0.2, 0.25) is 0 Å². The van der Waals surface area contributed by atoms with Gasteiger partial charge < -0.3 is 9.88 Å². The van der Waals surface area contributed by atoms with Crippen molar-refractivity contribution in [1.82, 2.24) is 29.4 Å². The van der Waals surface area contributed by atoms with Gasteiger partial charge in [0, 0.05) is 32.0 Å². The lowest BCUT2D eigenvalue weighted by Gasteiger charge is -2.39. The van der Waals surface area contributed by atoms with E-state index in [1.807, 2.05) is 18.0 Å². The number of aromatic amines is 1. The molecule has 7 nitrogen and oxygen atoms in total. The molecule has 1 atom stereocenters. The lowest BCUT2D eigenvalue weighted by molar-refractivity contribution is 0.0483. The van der Waals surface area contributed by atoms with Gasteiger partial charge in [-0.2, -0.15) is 0 Å². The third kappa shape index (κ3) is 2.76. The Morgan fingerprint density at radius 3 is 3.00 bits per heavy atom. The fourth-order valence-electron chi connectivity index (χ4n) is 2.85. The molecule has 0 aromatic carbocycles. The summed E-state index contributed by atoms with van der Waals surface area (Å²) in [7, 11) is 0. The third-order valence-corrected chi connectivity index (χ3v) is 4.86. The monoisotopic (exact) mass is 320 g/mol. The molecule has 1 aliphatic heterocycles. The van der Waals surface area contributed by atoms with Crippen LogP contribution in [-0.2, 0) is 6.42 Å². The van der Waals surface area contributed by atoms with Crippen molar-refractivity contribution in [3.8, 4) is 0 Å². The number of nitrogens with zero attached hydrogens (tertiary/aromatic N) is 5. The Bertz CT molecular complexity index is 625. The van der Waals surface area contributed by atoms with E-state index in [0.29, 0.717) is 11.4 Å². The number of imidazole rings is 1. The SMILES string of the molecule is CCc1nnsc1C(=O)N1CCN(CC)[C@H](c2ncc[nH]2)C1. The van der Waals surface area contributed by atoms with Gasteiger partial charge in [-0.15, -0.1) is 5.10 Å². The first-order chi connectivity index (χ1) is 10.7. The molecule has 0 spiro atoms. The van der Waals surface area contributed by atoms with Crippen molar-refractivity contribution in [3.05, 3.63) is 28.8 Å². The number of aryl methyl sites for hydroxylation is 1. The summed E-state index contributed by atoms with van der Waals surface area (Å²) in [5.41, 5.74) is 0.794. The number of amides is 1. The highest BCUT2D eigenvalue weighted by atomic mass is 32.1. The molecule has 1 N–H and O–H groups in total. The number of H-pyrrole nitrogens is 1. The van der Waals surface area contributed by atoms with Crippen molar-refractivity contribution in [3.63, 3.8) is 0 Å². The summed E-state index contributed by atoms with van der Waals surface area (Å²) < 4.78 is 3.92. The third-order valence-electron chi connectivity index (χ3n) is 4.10. The van der Waals surface area contributed by atoms with Crippen molar-refractivity contribution in [1.29, 1.82) is 0 Å². The van der Waals surface area contributed by atoms with E-state index < -0.39 is 0 Å². The molecular weight excluding hydrogens is 300 g/mol. The highest BCUT2D eigenvalue weighted by Gasteiger charge is 2.32. The number of hydrogen-bond acceptors (Lipinski definition) is 6. The van der Waals surface area contributed by atoms with Crippen molar-refractivity contribution in [2.24, 2.45) is 0 Å². The molecule has 0 unspecified atom stereocenters. The first-order valence-electron chi connectivity index (χ1n) is 7.58. The molecule has 0 radical (unpaired) electrons. The summed E-state index contributed by atoms with van der Waals surface area (Å²) in [6.45, 7) is 7.28. The molecule has 2 aromatic rings. The fraction of sp³-hybridized carbons (Fsp3) is 0.571. The molecule has 1 amide bonds. The van der Waals surface area contributed by atoms with Gasteiger partial charge in [0.25, 0.3) is 5.91 Å². The Balaban J connectivity index is 1.80. The average Bonchev–Trinajstić information content (AvgIpc) is 3.24. The van der Waals surface area contributed by atoms with Crippen LogP contribution < -0.4 is 0 Å². The topological polar surface area (TPSA) is 78.0 Å². The first-order valence-corrected chi connectivity index (χ1v) is 8.35. The van der Waals surface area contributed by atoms with Gasteiger partial charge >= 0.3 is 0 Å². The standard InChI is InChI=1S/C14H20N6OS/c1-3-10-12(22-18-17-10)14(21)20-8-7-19(4-2)11(9-20)13-15-5-6-16-13/h5-6,11H,3-4,7-9H2,1-2H3,(H,15,16)/t11-/m0/s1. The van der Waals surface area contributed by atoms with E-state index in [-0.39, 0.29) is 11.9 Å². The van der Waals surface area contributed by atoms with E-state index in [1.54, 1.807) is 6.20 Å². The molecule has 0 aliphatic carbocycles. The number of hydrogen-bond donors (Lipinski definition) is 1. The Hall–Kier alpha value is -1.80. The van der Waals surface area contributed by atoms with Crippen molar-refractivity contribution >= 4 is 17.4 Å². The van der Waals surface area contributed by atoms with Crippen LogP contribution in [0.5, 0.6) is 0 Å². The molecule has 118 valence electrons. The molecular formula is C14H20N6OS. The van der Waals surface area contributed by atoms with Gasteiger partial charge in [-0.1, -0.05) is 18.3 Å². The van der Waals surface area contributed by atoms with Gasteiger partial charge in [0.15, 0.2) is 0 Å². The van der Waals surface area contributed by atoms with E-state index in [2.05, 4.69) is 31.4 Å². The first kappa shape index (κ1) is 15.1. The molecule has 0 saturated carbocycles. The lowest BCUT2D eigenvalue weighted by Crippen LogP contribution is -2.50. The molecule has 1 fully saturated rings. The number of carbonyl (C=O) groups is 1. The average molecular weight is 320 g/mol. The van der Waals surface area contributed by atoms with Crippen LogP contribution in [0.1, 0.15) is 41.1 Å². The van der Waals surface area contributed by atoms with E-state index >= 15 is 0 Å². The van der Waals surface area contributed by atoms with Crippen LogP contribution in [0.2, 0.25) is 0 Å². The molecule has 1 saturated heterocycles. The fourth-order valence-corrected chi connectivity index (χ4v) is 3.57. The predicted octanol–water partition coefficient (Wildman–Crippen LogP) is 1.34. The maximum atomic E-state index is 12.8. The Morgan fingerprint density at radius 1 is 1.45 bits per heavy atom. The highest BCUT2D eigenvalue weighted by Crippen LogP contribution is 2.24. The van der Waals surface area contributed by atoms with Crippen LogP contribution in [0.25, 0.3) is 0 Å². The van der Waals surface area contributed by atoms with Crippen LogP contribution in [0.3, 0.4) is 0 Å². The minimum Gasteiger partial charge on any atom is -0.347 e. The minimum atomic E-state index is 0.0409. The quantitative estimate of drug-likeness (QED) is 0.920. The van der Waals surface area contributed by atoms with E-state index in [0.717, 1.165) is 37.6 Å². The predicted molar refractivity (Wildman–Crippen MR) is 83.8 cm³/mol. The van der Waals surface area contributed by atoms with Crippen LogP contribution in [-0.4, -0.2) is 61.4 Å². The lowest BCUT2D eigenvalue weighted by atomic mass is 10.1. The highest BCUT2D eigenvalue weighted by molar-refractivity contribution is 7.08. The van der Waals surface area contributed by atoms with Gasteiger partial charge in [0.1, 0.15) is 10.7 Å². The van der Waals surface area contributed by atoms with Gasteiger partial charge in [-0.25, -0.2) is 4.98 Å². The summed E-state index contributed by atoms with van der Waals surface area (Å²) in [6.07, 6.45) is 4.31. The zero-order valence-corrected chi connectivity index (χ0v) is 13.6. The molecule has 8 heteroatoms. The minimum absolute atomic E-state index is 0.0409. The second-order valence-electron chi connectivity index (χ2n) is 5.27. The molecule has 3 heterocycles. The second kappa shape index (κ2) is 6.53. The number of carbonyl (C=O) groups excluding carboxylic acids is 1. The number of rotatable bonds is 4. The maximum absolute atomic E-state index is 12.8. The summed E-state index contributed by atoms with van der Waals surface area (Å²) in [5.74, 6) is 0.955. The van der Waals surface area contributed by atoms with Gasteiger partial charge in [-0.3, -0.25) is 9.69 Å². The van der Waals surface area contributed by atoms with Crippen LogP contribution in [0, 0.1) is 0 Å². The van der Waals surface area contributed by atoms with Crippen molar-refractivity contribution in [2.75, 3.05) is 26.2 Å². The van der Waals surface area contributed by atoms with Crippen molar-refractivity contribution < 1.29 is 4.79 Å².